The van der Waals surface area contributed by atoms with Crippen molar-refractivity contribution in [1.82, 2.24) is 19.2 Å². The number of carbonyl (C=O) groups excluding carboxylic acids is 1. The monoisotopic (exact) mass is 430 g/mol. The second kappa shape index (κ2) is 7.44. The fourth-order valence-electron chi connectivity index (χ4n) is 3.88. The second-order valence-electron chi connectivity index (χ2n) is 7.31. The number of nitrogens with zero attached hydrogens (tertiary/aromatic N) is 4. The summed E-state index contributed by atoms with van der Waals surface area (Å²) in [4.78, 5) is 34.4. The minimum Gasteiger partial charge on any atom is -0.480 e. The van der Waals surface area contributed by atoms with Crippen LogP contribution < -0.4 is 10.3 Å². The van der Waals surface area contributed by atoms with Crippen molar-refractivity contribution in [1.29, 1.82) is 0 Å². The number of halogens is 1. The normalized spacial score (nSPS) is 19.3. The van der Waals surface area contributed by atoms with E-state index in [1.54, 1.807) is 22.7 Å². The molecule has 0 N–H and O–H groups in total. The van der Waals surface area contributed by atoms with E-state index in [0.29, 0.717) is 36.0 Å². The highest BCUT2D eigenvalue weighted by atomic mass is 35.5. The van der Waals surface area contributed by atoms with Crippen LogP contribution in [0.5, 0.6) is 5.75 Å². The van der Waals surface area contributed by atoms with Gasteiger partial charge in [-0.3, -0.25) is 18.9 Å². The van der Waals surface area contributed by atoms with Gasteiger partial charge in [0.25, 0.3) is 11.5 Å². The Balaban J connectivity index is 1.19. The Morgan fingerprint density at radius 3 is 2.90 bits per heavy atom. The molecule has 1 fully saturated rings. The SMILES string of the molecule is O=C([C@H]1Cc2cc(Cl)ccc2O1)N1CCN(Cc2cc(=O)n3ccsc3n2)CC1. The number of ether oxygens (including phenoxy) is 1. The topological polar surface area (TPSA) is 67.2 Å². The smallest absolute Gasteiger partial charge is 0.264 e. The molecule has 0 saturated carbocycles. The Morgan fingerprint density at radius 2 is 2.07 bits per heavy atom. The molecule has 0 unspecified atom stereocenters. The van der Waals surface area contributed by atoms with Gasteiger partial charge in [-0.25, -0.2) is 4.98 Å². The summed E-state index contributed by atoms with van der Waals surface area (Å²) in [7, 11) is 0. The van der Waals surface area contributed by atoms with Crippen LogP contribution in [0, 0.1) is 0 Å². The summed E-state index contributed by atoms with van der Waals surface area (Å²) < 4.78 is 7.39. The van der Waals surface area contributed by atoms with Crippen LogP contribution in [0.3, 0.4) is 0 Å². The average molecular weight is 431 g/mol. The molecule has 9 heteroatoms. The zero-order valence-corrected chi connectivity index (χ0v) is 17.2. The Hall–Kier alpha value is -2.42. The first-order valence-electron chi connectivity index (χ1n) is 9.49. The van der Waals surface area contributed by atoms with Crippen LogP contribution in [-0.4, -0.2) is 57.4 Å². The van der Waals surface area contributed by atoms with Crippen LogP contribution in [0.2, 0.25) is 5.02 Å². The quantitative estimate of drug-likeness (QED) is 0.636. The van der Waals surface area contributed by atoms with Crippen LogP contribution in [0.15, 0.2) is 40.6 Å². The van der Waals surface area contributed by atoms with Crippen LogP contribution in [-0.2, 0) is 17.8 Å². The van der Waals surface area contributed by atoms with Gasteiger partial charge in [-0.2, -0.15) is 0 Å². The lowest BCUT2D eigenvalue weighted by atomic mass is 10.1. The van der Waals surface area contributed by atoms with E-state index in [-0.39, 0.29) is 11.5 Å². The molecular formula is C20H19ClN4O3S. The third-order valence-electron chi connectivity index (χ3n) is 5.40. The molecule has 1 aromatic carbocycles. The Labute approximate surface area is 176 Å². The van der Waals surface area contributed by atoms with Gasteiger partial charge in [0.1, 0.15) is 5.75 Å². The van der Waals surface area contributed by atoms with E-state index in [0.717, 1.165) is 30.1 Å². The molecule has 150 valence electrons. The molecule has 2 aliphatic rings. The number of thiazole rings is 1. The van der Waals surface area contributed by atoms with Gasteiger partial charge in [-0.05, 0) is 23.8 Å². The number of amides is 1. The largest absolute Gasteiger partial charge is 0.480 e. The first-order chi connectivity index (χ1) is 14.1. The second-order valence-corrected chi connectivity index (χ2v) is 8.61. The van der Waals surface area contributed by atoms with Crippen molar-refractivity contribution in [2.45, 2.75) is 19.1 Å². The van der Waals surface area contributed by atoms with Crippen LogP contribution in [0.25, 0.3) is 4.96 Å². The summed E-state index contributed by atoms with van der Waals surface area (Å²) in [5.41, 5.74) is 1.69. The summed E-state index contributed by atoms with van der Waals surface area (Å²) in [6.45, 7) is 3.35. The van der Waals surface area contributed by atoms with Crippen molar-refractivity contribution >= 4 is 33.8 Å². The zero-order valence-electron chi connectivity index (χ0n) is 15.6. The van der Waals surface area contributed by atoms with Gasteiger partial charge in [-0.15, -0.1) is 11.3 Å². The van der Waals surface area contributed by atoms with E-state index in [1.165, 1.54) is 11.3 Å². The minimum absolute atomic E-state index is 0.0216. The third-order valence-corrected chi connectivity index (χ3v) is 6.39. The van der Waals surface area contributed by atoms with Crippen molar-refractivity contribution < 1.29 is 9.53 Å². The molecule has 1 amide bonds. The number of piperazine rings is 1. The summed E-state index contributed by atoms with van der Waals surface area (Å²) in [6.07, 6.45) is 1.82. The molecule has 1 atom stereocenters. The molecule has 0 radical (unpaired) electrons. The highest BCUT2D eigenvalue weighted by Crippen LogP contribution is 2.31. The van der Waals surface area contributed by atoms with E-state index < -0.39 is 6.10 Å². The van der Waals surface area contributed by atoms with Gasteiger partial charge in [0.05, 0.1) is 5.69 Å². The predicted molar refractivity (Wildman–Crippen MR) is 111 cm³/mol. The number of rotatable bonds is 3. The molecule has 3 aromatic rings. The van der Waals surface area contributed by atoms with Gasteiger partial charge < -0.3 is 9.64 Å². The predicted octanol–water partition coefficient (Wildman–Crippen LogP) is 2.06. The third kappa shape index (κ3) is 3.63. The summed E-state index contributed by atoms with van der Waals surface area (Å²) in [5, 5.41) is 2.51. The Kier molecular flexibility index (Phi) is 4.77. The summed E-state index contributed by atoms with van der Waals surface area (Å²) >= 11 is 7.49. The molecule has 5 rings (SSSR count). The van der Waals surface area contributed by atoms with Crippen LogP contribution in [0.4, 0.5) is 0 Å². The number of hydrogen-bond acceptors (Lipinski definition) is 6. The maximum absolute atomic E-state index is 12.9. The van der Waals surface area contributed by atoms with Gasteiger partial charge in [0.2, 0.25) is 0 Å². The highest BCUT2D eigenvalue weighted by molar-refractivity contribution is 7.15. The molecule has 2 aromatic heterocycles. The first-order valence-corrected chi connectivity index (χ1v) is 10.7. The molecule has 0 spiro atoms. The molecule has 0 aliphatic carbocycles. The van der Waals surface area contributed by atoms with Crippen molar-refractivity contribution in [2.24, 2.45) is 0 Å². The van der Waals surface area contributed by atoms with Crippen LogP contribution in [0.1, 0.15) is 11.3 Å². The number of hydrogen-bond donors (Lipinski definition) is 0. The minimum atomic E-state index is -0.474. The van der Waals surface area contributed by atoms with Crippen molar-refractivity contribution in [3.8, 4) is 5.75 Å². The maximum atomic E-state index is 12.9. The molecule has 29 heavy (non-hydrogen) atoms. The lowest BCUT2D eigenvalue weighted by molar-refractivity contribution is -0.139. The zero-order chi connectivity index (χ0) is 20.0. The molecular weight excluding hydrogens is 412 g/mol. The van der Waals surface area contributed by atoms with Crippen LogP contribution >= 0.6 is 22.9 Å². The summed E-state index contributed by atoms with van der Waals surface area (Å²) in [6, 6.07) is 7.05. The van der Waals surface area contributed by atoms with E-state index >= 15 is 0 Å². The van der Waals surface area contributed by atoms with Crippen molar-refractivity contribution in [2.75, 3.05) is 26.2 Å². The van der Waals surface area contributed by atoms with E-state index in [1.807, 2.05) is 22.4 Å². The van der Waals surface area contributed by atoms with Crippen molar-refractivity contribution in [3.05, 3.63) is 62.5 Å². The number of benzene rings is 1. The summed E-state index contributed by atoms with van der Waals surface area (Å²) in [5.74, 6) is 0.765. The maximum Gasteiger partial charge on any atom is 0.264 e. The highest BCUT2D eigenvalue weighted by Gasteiger charge is 2.34. The lowest BCUT2D eigenvalue weighted by Gasteiger charge is -2.35. The lowest BCUT2D eigenvalue weighted by Crippen LogP contribution is -2.52. The van der Waals surface area contributed by atoms with Gasteiger partial charge in [-0.1, -0.05) is 11.6 Å². The van der Waals surface area contributed by atoms with Gasteiger partial charge in [0.15, 0.2) is 11.1 Å². The molecule has 0 bridgehead atoms. The van der Waals surface area contributed by atoms with E-state index in [9.17, 15) is 9.59 Å². The first kappa shape index (κ1) is 18.6. The number of carbonyl (C=O) groups is 1. The van der Waals surface area contributed by atoms with Gasteiger partial charge in [0, 0.05) is 61.8 Å². The van der Waals surface area contributed by atoms with Gasteiger partial charge >= 0.3 is 0 Å². The fraction of sp³-hybridized carbons (Fsp3) is 0.350. The standard InChI is InChI=1S/C20H19ClN4O3S/c21-14-1-2-16-13(9-14)10-17(28-16)19(27)24-5-3-23(4-6-24)12-15-11-18(26)25-7-8-29-20(25)22-15/h1-2,7-9,11,17H,3-6,10,12H2/t17-/m1/s1. The average Bonchev–Trinajstić information content (AvgIpc) is 3.34. The number of fused-ring (bicyclic) bond motifs is 2. The molecule has 2 aliphatic heterocycles. The Bertz CT molecular complexity index is 1140. The fourth-order valence-corrected chi connectivity index (χ4v) is 4.82. The Morgan fingerprint density at radius 1 is 1.24 bits per heavy atom. The number of aromatic nitrogens is 2. The van der Waals surface area contributed by atoms with Crippen molar-refractivity contribution in [3.63, 3.8) is 0 Å². The molecule has 4 heterocycles. The molecule has 1 saturated heterocycles. The van der Waals surface area contributed by atoms with E-state index in [4.69, 9.17) is 16.3 Å². The molecule has 7 nitrogen and oxygen atoms in total. The van der Waals surface area contributed by atoms with E-state index in [2.05, 4.69) is 9.88 Å².